The monoisotopic (exact) mass is 272 g/mol. The van der Waals surface area contributed by atoms with Crippen LogP contribution < -0.4 is 10.5 Å². The molecular weight excluding hydrogens is 260 g/mol. The van der Waals surface area contributed by atoms with Crippen molar-refractivity contribution in [1.29, 1.82) is 0 Å². The van der Waals surface area contributed by atoms with E-state index in [4.69, 9.17) is 5.73 Å². The highest BCUT2D eigenvalue weighted by molar-refractivity contribution is 7.94. The van der Waals surface area contributed by atoms with Crippen LogP contribution >= 0.6 is 11.3 Å². The average Bonchev–Trinajstić information content (AvgIpc) is 2.80. The Labute approximate surface area is 103 Å². The molecule has 0 aliphatic rings. The molecule has 2 rings (SSSR count). The third-order valence-corrected chi connectivity index (χ3v) is 5.01. The molecule has 2 aromatic heterocycles. The van der Waals surface area contributed by atoms with Crippen molar-refractivity contribution < 1.29 is 8.42 Å². The minimum atomic E-state index is -3.58. The fourth-order valence-corrected chi connectivity index (χ4v) is 3.71. The van der Waals surface area contributed by atoms with E-state index >= 15 is 0 Å². The van der Waals surface area contributed by atoms with Gasteiger partial charge in [0.05, 0.1) is 11.9 Å². The molecule has 2 aromatic rings. The minimum Gasteiger partial charge on any atom is -0.394 e. The molecule has 0 amide bonds. The minimum absolute atomic E-state index is 0.260. The van der Waals surface area contributed by atoms with E-state index in [2.05, 4.69) is 9.82 Å². The molecule has 2 heterocycles. The topological polar surface area (TPSA) is 90.0 Å². The van der Waals surface area contributed by atoms with Crippen LogP contribution in [0.4, 0.5) is 11.5 Å². The molecule has 0 radical (unpaired) electrons. The molecule has 0 aliphatic carbocycles. The van der Waals surface area contributed by atoms with E-state index in [1.807, 2.05) is 6.92 Å². The van der Waals surface area contributed by atoms with E-state index in [1.54, 1.807) is 19.2 Å². The number of aromatic nitrogens is 2. The van der Waals surface area contributed by atoms with E-state index in [1.165, 1.54) is 22.2 Å². The zero-order chi connectivity index (χ0) is 12.6. The average molecular weight is 272 g/mol. The van der Waals surface area contributed by atoms with Crippen LogP contribution in [0.3, 0.4) is 0 Å². The summed E-state index contributed by atoms with van der Waals surface area (Å²) >= 11 is 1.21. The Hall–Kier alpha value is -1.54. The van der Waals surface area contributed by atoms with Gasteiger partial charge in [0.15, 0.2) is 5.82 Å². The van der Waals surface area contributed by atoms with Crippen molar-refractivity contribution in [3.63, 3.8) is 0 Å². The van der Waals surface area contributed by atoms with Gasteiger partial charge in [0.2, 0.25) is 0 Å². The van der Waals surface area contributed by atoms with Crippen molar-refractivity contribution in [2.45, 2.75) is 11.1 Å². The number of sulfonamides is 1. The summed E-state index contributed by atoms with van der Waals surface area (Å²) in [5.74, 6) is 0.274. The van der Waals surface area contributed by atoms with E-state index in [0.717, 1.165) is 4.88 Å². The van der Waals surface area contributed by atoms with Crippen molar-refractivity contribution in [1.82, 2.24) is 9.78 Å². The molecule has 0 unspecified atom stereocenters. The fourth-order valence-electron chi connectivity index (χ4n) is 1.31. The predicted molar refractivity (Wildman–Crippen MR) is 67.5 cm³/mol. The Kier molecular flexibility index (Phi) is 2.84. The quantitative estimate of drug-likeness (QED) is 0.877. The molecule has 0 bridgehead atoms. The van der Waals surface area contributed by atoms with Crippen molar-refractivity contribution in [3.8, 4) is 0 Å². The molecule has 3 N–H and O–H groups in total. The van der Waals surface area contributed by atoms with Gasteiger partial charge in [-0.3, -0.25) is 9.40 Å². The maximum absolute atomic E-state index is 12.0. The summed E-state index contributed by atoms with van der Waals surface area (Å²) in [7, 11) is -1.96. The Morgan fingerprint density at radius 1 is 1.47 bits per heavy atom. The largest absolute Gasteiger partial charge is 0.394 e. The predicted octanol–water partition coefficient (Wildman–Crippen LogP) is 1.17. The lowest BCUT2D eigenvalue weighted by Gasteiger charge is -2.07. The third-order valence-electron chi connectivity index (χ3n) is 2.18. The molecule has 0 spiro atoms. The lowest BCUT2D eigenvalue weighted by molar-refractivity contribution is 0.602. The number of hydrogen-bond acceptors (Lipinski definition) is 5. The smallest absolute Gasteiger partial charge is 0.272 e. The number of aryl methyl sites for hydroxylation is 2. The summed E-state index contributed by atoms with van der Waals surface area (Å²) in [5, 5.41) is 3.87. The van der Waals surface area contributed by atoms with Crippen molar-refractivity contribution >= 4 is 32.9 Å². The summed E-state index contributed by atoms with van der Waals surface area (Å²) in [5.41, 5.74) is 5.92. The van der Waals surface area contributed by atoms with Crippen LogP contribution in [-0.2, 0) is 17.1 Å². The first-order chi connectivity index (χ1) is 7.90. The number of rotatable bonds is 3. The zero-order valence-corrected chi connectivity index (χ0v) is 11.0. The van der Waals surface area contributed by atoms with Gasteiger partial charge in [-0.2, -0.15) is 5.10 Å². The normalized spacial score (nSPS) is 11.6. The van der Waals surface area contributed by atoms with Crippen LogP contribution in [0.2, 0.25) is 0 Å². The highest BCUT2D eigenvalue weighted by atomic mass is 32.2. The van der Waals surface area contributed by atoms with Gasteiger partial charge >= 0.3 is 0 Å². The molecule has 0 saturated carbocycles. The second-order valence-corrected chi connectivity index (χ2v) is 6.74. The maximum atomic E-state index is 12.0. The Morgan fingerprint density at radius 3 is 2.65 bits per heavy atom. The molecule has 0 aliphatic heterocycles. The van der Waals surface area contributed by atoms with Crippen LogP contribution in [0, 0.1) is 6.92 Å². The number of nitrogen functional groups attached to an aromatic ring is 1. The van der Waals surface area contributed by atoms with E-state index < -0.39 is 10.0 Å². The van der Waals surface area contributed by atoms with Crippen LogP contribution in [-0.4, -0.2) is 18.2 Å². The number of nitrogens with two attached hydrogens (primary N) is 1. The maximum Gasteiger partial charge on any atom is 0.272 e. The van der Waals surface area contributed by atoms with Gasteiger partial charge in [0, 0.05) is 11.9 Å². The molecule has 92 valence electrons. The van der Waals surface area contributed by atoms with Crippen molar-refractivity contribution in [3.05, 3.63) is 23.2 Å². The first-order valence-electron chi connectivity index (χ1n) is 4.77. The summed E-state index contributed by atoms with van der Waals surface area (Å²) < 4.78 is 28.1. The lowest BCUT2D eigenvalue weighted by atomic mass is 10.5. The van der Waals surface area contributed by atoms with Crippen molar-refractivity contribution in [2.75, 3.05) is 10.5 Å². The third kappa shape index (κ3) is 2.27. The SMILES string of the molecule is Cc1ccc(S(=O)(=O)Nc2c(N)cnn2C)s1. The standard InChI is InChI=1S/C9H12N4O2S2/c1-6-3-4-8(16-6)17(14,15)12-9-7(10)5-11-13(9)2/h3-5,12H,10H2,1-2H3. The molecule has 8 heteroatoms. The van der Waals surface area contributed by atoms with Gasteiger partial charge in [0.1, 0.15) is 4.21 Å². The summed E-state index contributed by atoms with van der Waals surface area (Å²) in [6, 6.07) is 3.32. The Morgan fingerprint density at radius 2 is 2.18 bits per heavy atom. The Bertz CT molecular complexity index is 622. The molecule has 0 atom stereocenters. The number of nitrogens with zero attached hydrogens (tertiary/aromatic N) is 2. The summed E-state index contributed by atoms with van der Waals surface area (Å²) in [6.45, 7) is 1.85. The number of thiophene rings is 1. The molecular formula is C9H12N4O2S2. The number of anilines is 2. The molecule has 0 saturated heterocycles. The van der Waals surface area contributed by atoms with Gasteiger partial charge in [-0.1, -0.05) is 0 Å². The van der Waals surface area contributed by atoms with Crippen molar-refractivity contribution in [2.24, 2.45) is 7.05 Å². The van der Waals surface area contributed by atoms with E-state index in [-0.39, 0.29) is 10.0 Å². The van der Waals surface area contributed by atoms with Crippen LogP contribution in [0.15, 0.2) is 22.5 Å². The lowest BCUT2D eigenvalue weighted by Crippen LogP contribution is -2.15. The van der Waals surface area contributed by atoms with Gasteiger partial charge in [-0.05, 0) is 19.1 Å². The molecule has 6 nitrogen and oxygen atoms in total. The molecule has 0 aromatic carbocycles. The van der Waals surface area contributed by atoms with Crippen LogP contribution in [0.5, 0.6) is 0 Å². The van der Waals surface area contributed by atoms with Crippen LogP contribution in [0.25, 0.3) is 0 Å². The molecule has 17 heavy (non-hydrogen) atoms. The van der Waals surface area contributed by atoms with Gasteiger partial charge in [-0.25, -0.2) is 8.42 Å². The zero-order valence-electron chi connectivity index (χ0n) is 9.34. The van der Waals surface area contributed by atoms with Gasteiger partial charge in [-0.15, -0.1) is 11.3 Å². The molecule has 0 fully saturated rings. The Balaban J connectivity index is 2.36. The van der Waals surface area contributed by atoms with Gasteiger partial charge < -0.3 is 5.73 Å². The highest BCUT2D eigenvalue weighted by Gasteiger charge is 2.19. The fraction of sp³-hybridized carbons (Fsp3) is 0.222. The first-order valence-corrected chi connectivity index (χ1v) is 7.07. The number of hydrogen-bond donors (Lipinski definition) is 2. The van der Waals surface area contributed by atoms with Crippen LogP contribution in [0.1, 0.15) is 4.88 Å². The highest BCUT2D eigenvalue weighted by Crippen LogP contribution is 2.25. The second-order valence-electron chi connectivity index (χ2n) is 3.54. The second kappa shape index (κ2) is 4.04. The van der Waals surface area contributed by atoms with E-state index in [9.17, 15) is 8.42 Å². The van der Waals surface area contributed by atoms with Gasteiger partial charge in [0.25, 0.3) is 10.0 Å². The number of nitrogens with one attached hydrogen (secondary N) is 1. The summed E-state index contributed by atoms with van der Waals surface area (Å²) in [6.07, 6.45) is 1.40. The first kappa shape index (κ1) is 11.9. The summed E-state index contributed by atoms with van der Waals surface area (Å²) in [4.78, 5) is 0.934. The van der Waals surface area contributed by atoms with E-state index in [0.29, 0.717) is 5.69 Å².